The monoisotopic (exact) mass is 343 g/mol. The molecule has 1 atom stereocenters. The molecular weight excluding hydrogens is 321 g/mol. The molecule has 0 aromatic heterocycles. The summed E-state index contributed by atoms with van der Waals surface area (Å²) in [5.41, 5.74) is 0.377. The van der Waals surface area contributed by atoms with Crippen molar-refractivity contribution in [3.05, 3.63) is 65.5 Å². The van der Waals surface area contributed by atoms with Crippen LogP contribution in [-0.4, -0.2) is 36.6 Å². The highest BCUT2D eigenvalue weighted by Gasteiger charge is 2.53. The van der Waals surface area contributed by atoms with Gasteiger partial charge < -0.3 is 14.7 Å². The Labute approximate surface area is 146 Å². The minimum Gasteiger partial charge on any atom is -0.497 e. The SMILES string of the molecule is COc1ccc(C(O)CN(C)C(=O)C2(c3ccccc3F)CC2)cc1. The fourth-order valence-corrected chi connectivity index (χ4v) is 3.21. The van der Waals surface area contributed by atoms with Crippen molar-refractivity contribution in [1.82, 2.24) is 4.90 Å². The molecule has 1 amide bonds. The minimum atomic E-state index is -0.809. The molecule has 4 nitrogen and oxygen atoms in total. The Morgan fingerprint density at radius 3 is 2.44 bits per heavy atom. The van der Waals surface area contributed by atoms with Crippen LogP contribution in [-0.2, 0) is 10.2 Å². The summed E-state index contributed by atoms with van der Waals surface area (Å²) in [7, 11) is 3.23. The van der Waals surface area contributed by atoms with Gasteiger partial charge in [-0.15, -0.1) is 0 Å². The molecule has 0 heterocycles. The average molecular weight is 343 g/mol. The minimum absolute atomic E-state index is 0.148. The first-order valence-corrected chi connectivity index (χ1v) is 8.30. The zero-order valence-corrected chi connectivity index (χ0v) is 14.4. The summed E-state index contributed by atoms with van der Waals surface area (Å²) in [5.74, 6) is 0.208. The first-order chi connectivity index (χ1) is 12.0. The van der Waals surface area contributed by atoms with Crippen LogP contribution in [0.5, 0.6) is 5.75 Å². The lowest BCUT2D eigenvalue weighted by atomic mass is 9.93. The fourth-order valence-electron chi connectivity index (χ4n) is 3.21. The number of methoxy groups -OCH3 is 1. The molecule has 5 heteroatoms. The van der Waals surface area contributed by atoms with Gasteiger partial charge in [-0.3, -0.25) is 4.79 Å². The lowest BCUT2D eigenvalue weighted by Crippen LogP contribution is -2.39. The molecule has 3 rings (SSSR count). The zero-order chi connectivity index (χ0) is 18.0. The molecule has 2 aromatic rings. The van der Waals surface area contributed by atoms with Crippen LogP contribution in [0.4, 0.5) is 4.39 Å². The summed E-state index contributed by atoms with van der Waals surface area (Å²) in [6, 6.07) is 13.5. The third-order valence-corrected chi connectivity index (χ3v) is 4.84. The summed E-state index contributed by atoms with van der Waals surface area (Å²) in [6.07, 6.45) is 0.460. The van der Waals surface area contributed by atoms with Crippen LogP contribution in [0.15, 0.2) is 48.5 Å². The number of benzene rings is 2. The van der Waals surface area contributed by atoms with Crippen LogP contribution in [0.3, 0.4) is 0 Å². The maximum atomic E-state index is 14.1. The van der Waals surface area contributed by atoms with Crippen molar-refractivity contribution in [3.8, 4) is 5.75 Å². The van der Waals surface area contributed by atoms with Crippen molar-refractivity contribution in [2.75, 3.05) is 20.7 Å². The molecule has 1 fully saturated rings. The number of nitrogens with zero attached hydrogens (tertiary/aromatic N) is 1. The molecule has 1 unspecified atom stereocenters. The van der Waals surface area contributed by atoms with Crippen molar-refractivity contribution in [2.45, 2.75) is 24.4 Å². The Hall–Kier alpha value is -2.40. The third-order valence-electron chi connectivity index (χ3n) is 4.84. The summed E-state index contributed by atoms with van der Waals surface area (Å²) in [4.78, 5) is 14.4. The molecular formula is C20H22FNO3. The fraction of sp³-hybridized carbons (Fsp3) is 0.350. The molecule has 0 spiro atoms. The van der Waals surface area contributed by atoms with Gasteiger partial charge in [0.2, 0.25) is 5.91 Å². The molecule has 0 bridgehead atoms. The van der Waals surface area contributed by atoms with E-state index < -0.39 is 11.5 Å². The summed E-state index contributed by atoms with van der Waals surface area (Å²) >= 11 is 0. The normalized spacial score (nSPS) is 16.2. The Morgan fingerprint density at radius 2 is 1.88 bits per heavy atom. The van der Waals surface area contributed by atoms with Crippen LogP contribution in [0.25, 0.3) is 0 Å². The lowest BCUT2D eigenvalue weighted by molar-refractivity contribution is -0.134. The largest absolute Gasteiger partial charge is 0.497 e. The van der Waals surface area contributed by atoms with Gasteiger partial charge in [0.15, 0.2) is 0 Å². The van der Waals surface area contributed by atoms with E-state index in [4.69, 9.17) is 4.74 Å². The summed E-state index contributed by atoms with van der Waals surface area (Å²) in [6.45, 7) is 0.154. The average Bonchev–Trinajstić information content (AvgIpc) is 3.43. The van der Waals surface area contributed by atoms with E-state index in [1.165, 1.54) is 11.0 Å². The van der Waals surface area contributed by atoms with Gasteiger partial charge >= 0.3 is 0 Å². The second kappa shape index (κ2) is 6.84. The van der Waals surface area contributed by atoms with Crippen molar-refractivity contribution >= 4 is 5.91 Å². The van der Waals surface area contributed by atoms with E-state index in [-0.39, 0.29) is 18.3 Å². The van der Waals surface area contributed by atoms with E-state index in [2.05, 4.69) is 0 Å². The van der Waals surface area contributed by atoms with Crippen molar-refractivity contribution in [3.63, 3.8) is 0 Å². The topological polar surface area (TPSA) is 49.8 Å². The van der Waals surface area contributed by atoms with Gasteiger partial charge in [-0.05, 0) is 36.6 Å². The molecule has 132 valence electrons. The van der Waals surface area contributed by atoms with E-state index in [0.717, 1.165) is 0 Å². The predicted molar refractivity (Wildman–Crippen MR) is 92.9 cm³/mol. The van der Waals surface area contributed by atoms with Crippen LogP contribution < -0.4 is 4.74 Å². The van der Waals surface area contributed by atoms with Gasteiger partial charge in [-0.2, -0.15) is 0 Å². The summed E-state index contributed by atoms with van der Waals surface area (Å²) < 4.78 is 19.2. The standard InChI is InChI=1S/C20H22FNO3/c1-22(13-18(23)14-7-9-15(25-2)10-8-14)19(24)20(11-12-20)16-5-3-4-6-17(16)21/h3-10,18,23H,11-13H2,1-2H3. The molecule has 0 radical (unpaired) electrons. The number of hydrogen-bond acceptors (Lipinski definition) is 3. The van der Waals surface area contributed by atoms with E-state index in [1.54, 1.807) is 56.6 Å². The molecule has 1 aliphatic carbocycles. The Morgan fingerprint density at radius 1 is 1.24 bits per heavy atom. The third kappa shape index (κ3) is 3.37. The molecule has 25 heavy (non-hydrogen) atoms. The highest BCUT2D eigenvalue weighted by atomic mass is 19.1. The van der Waals surface area contributed by atoms with Gasteiger partial charge in [0.05, 0.1) is 25.2 Å². The van der Waals surface area contributed by atoms with Gasteiger partial charge in [0.25, 0.3) is 0 Å². The quantitative estimate of drug-likeness (QED) is 0.877. The van der Waals surface area contributed by atoms with E-state index in [9.17, 15) is 14.3 Å². The van der Waals surface area contributed by atoms with Crippen LogP contribution >= 0.6 is 0 Å². The van der Waals surface area contributed by atoms with Crippen LogP contribution in [0.2, 0.25) is 0 Å². The van der Waals surface area contributed by atoms with E-state index in [1.807, 2.05) is 0 Å². The molecule has 0 saturated heterocycles. The zero-order valence-electron chi connectivity index (χ0n) is 14.4. The van der Waals surface area contributed by atoms with Gasteiger partial charge in [0.1, 0.15) is 11.6 Å². The molecule has 2 aromatic carbocycles. The Bertz CT molecular complexity index is 756. The first-order valence-electron chi connectivity index (χ1n) is 8.30. The number of halogens is 1. The van der Waals surface area contributed by atoms with Gasteiger partial charge in [0, 0.05) is 12.6 Å². The molecule has 1 N–H and O–H groups in total. The number of aliphatic hydroxyl groups excluding tert-OH is 1. The smallest absolute Gasteiger partial charge is 0.233 e. The van der Waals surface area contributed by atoms with Crippen molar-refractivity contribution < 1.29 is 19.0 Å². The number of aliphatic hydroxyl groups is 1. The van der Waals surface area contributed by atoms with E-state index >= 15 is 0 Å². The second-order valence-corrected chi connectivity index (χ2v) is 6.54. The number of amides is 1. The number of carbonyl (C=O) groups is 1. The maximum absolute atomic E-state index is 14.1. The molecule has 0 aliphatic heterocycles. The van der Waals surface area contributed by atoms with Crippen LogP contribution in [0.1, 0.15) is 30.1 Å². The number of carbonyl (C=O) groups excluding carboxylic acids is 1. The highest BCUT2D eigenvalue weighted by Crippen LogP contribution is 2.50. The number of likely N-dealkylation sites (N-methyl/N-ethyl adjacent to an activating group) is 1. The predicted octanol–water partition coefficient (Wildman–Crippen LogP) is 3.06. The Kier molecular flexibility index (Phi) is 4.77. The van der Waals surface area contributed by atoms with Crippen molar-refractivity contribution in [2.24, 2.45) is 0 Å². The van der Waals surface area contributed by atoms with Crippen LogP contribution in [0, 0.1) is 5.82 Å². The highest BCUT2D eigenvalue weighted by molar-refractivity contribution is 5.91. The second-order valence-electron chi connectivity index (χ2n) is 6.54. The molecule has 1 aliphatic rings. The maximum Gasteiger partial charge on any atom is 0.233 e. The van der Waals surface area contributed by atoms with E-state index in [0.29, 0.717) is 29.7 Å². The number of ether oxygens (including phenoxy) is 1. The lowest BCUT2D eigenvalue weighted by Gasteiger charge is -2.26. The summed E-state index contributed by atoms with van der Waals surface area (Å²) in [5, 5.41) is 10.4. The number of hydrogen-bond donors (Lipinski definition) is 1. The van der Waals surface area contributed by atoms with Gasteiger partial charge in [-0.25, -0.2) is 4.39 Å². The number of rotatable bonds is 6. The first kappa shape index (κ1) is 17.4. The Balaban J connectivity index is 1.71. The van der Waals surface area contributed by atoms with Crippen molar-refractivity contribution in [1.29, 1.82) is 0 Å². The van der Waals surface area contributed by atoms with Gasteiger partial charge in [-0.1, -0.05) is 30.3 Å². The molecule has 1 saturated carbocycles.